The van der Waals surface area contributed by atoms with Crippen LogP contribution in [0.2, 0.25) is 0 Å². The molecule has 20 heavy (non-hydrogen) atoms. The number of non-ortho nitro benzene ring substituents is 1. The molecule has 1 saturated carbocycles. The maximum atomic E-state index is 11.0. The van der Waals surface area contributed by atoms with Crippen molar-refractivity contribution < 1.29 is 4.92 Å². The van der Waals surface area contributed by atoms with E-state index in [4.69, 9.17) is 0 Å². The Morgan fingerprint density at radius 1 is 1.30 bits per heavy atom. The average Bonchev–Trinajstić information content (AvgIpc) is 2.90. The standard InChI is InChI=1S/C16H22N2O2/c1-11(12-5-3-2-4-6-12)15-10-17-16-8-7-13(18(19)20)9-14(15)16/h7-9,11-12,15,17H,2-6,10H2,1H3. The van der Waals surface area contributed by atoms with E-state index in [0.717, 1.165) is 23.7 Å². The lowest BCUT2D eigenvalue weighted by Gasteiger charge is -2.31. The van der Waals surface area contributed by atoms with Crippen LogP contribution in [0.5, 0.6) is 0 Å². The Hall–Kier alpha value is -1.58. The Kier molecular flexibility index (Phi) is 3.64. The maximum Gasteiger partial charge on any atom is 0.269 e. The molecule has 1 aromatic carbocycles. The fourth-order valence-corrected chi connectivity index (χ4v) is 3.92. The third-order valence-electron chi connectivity index (χ3n) is 5.19. The van der Waals surface area contributed by atoms with Crippen molar-refractivity contribution in [2.75, 3.05) is 11.9 Å². The first kappa shape index (κ1) is 13.4. The molecule has 1 aromatic rings. The zero-order valence-corrected chi connectivity index (χ0v) is 12.0. The van der Waals surface area contributed by atoms with Gasteiger partial charge in [-0.15, -0.1) is 0 Å². The Morgan fingerprint density at radius 3 is 2.75 bits per heavy atom. The van der Waals surface area contributed by atoms with E-state index < -0.39 is 0 Å². The normalized spacial score (nSPS) is 23.9. The van der Waals surface area contributed by atoms with Gasteiger partial charge in [0.15, 0.2) is 0 Å². The average molecular weight is 274 g/mol. The van der Waals surface area contributed by atoms with Crippen LogP contribution in [-0.4, -0.2) is 11.5 Å². The van der Waals surface area contributed by atoms with Gasteiger partial charge in [-0.1, -0.05) is 39.0 Å². The third kappa shape index (κ3) is 2.39. The molecule has 0 aromatic heterocycles. The number of nitro groups is 1. The van der Waals surface area contributed by atoms with Crippen molar-refractivity contribution in [3.05, 3.63) is 33.9 Å². The van der Waals surface area contributed by atoms with E-state index in [9.17, 15) is 10.1 Å². The van der Waals surface area contributed by atoms with Crippen molar-refractivity contribution in [1.82, 2.24) is 0 Å². The molecule has 0 amide bonds. The first-order valence-corrected chi connectivity index (χ1v) is 7.69. The number of hydrogen-bond acceptors (Lipinski definition) is 3. The molecule has 0 radical (unpaired) electrons. The lowest BCUT2D eigenvalue weighted by atomic mass is 9.73. The number of nitrogens with zero attached hydrogens (tertiary/aromatic N) is 1. The molecule has 2 unspecified atom stereocenters. The van der Waals surface area contributed by atoms with Crippen LogP contribution in [-0.2, 0) is 0 Å². The number of nitrogens with one attached hydrogen (secondary N) is 1. The summed E-state index contributed by atoms with van der Waals surface area (Å²) in [4.78, 5) is 10.7. The molecule has 0 saturated heterocycles. The van der Waals surface area contributed by atoms with Crippen LogP contribution in [0.25, 0.3) is 0 Å². The van der Waals surface area contributed by atoms with Gasteiger partial charge >= 0.3 is 0 Å². The van der Waals surface area contributed by atoms with Crippen LogP contribution >= 0.6 is 0 Å². The molecule has 1 fully saturated rings. The summed E-state index contributed by atoms with van der Waals surface area (Å²) < 4.78 is 0. The predicted molar refractivity (Wildman–Crippen MR) is 80.1 cm³/mol. The van der Waals surface area contributed by atoms with Crippen LogP contribution in [0.4, 0.5) is 11.4 Å². The van der Waals surface area contributed by atoms with Gasteiger partial charge in [-0.25, -0.2) is 0 Å². The van der Waals surface area contributed by atoms with E-state index in [0.29, 0.717) is 11.8 Å². The van der Waals surface area contributed by atoms with Gasteiger partial charge < -0.3 is 5.32 Å². The SMILES string of the molecule is CC(C1CCCCC1)C1CNc2ccc([N+](=O)[O-])cc21. The number of nitro benzene ring substituents is 1. The Morgan fingerprint density at radius 2 is 2.05 bits per heavy atom. The van der Waals surface area contributed by atoms with Gasteiger partial charge in [-0.3, -0.25) is 10.1 Å². The van der Waals surface area contributed by atoms with E-state index in [1.54, 1.807) is 12.1 Å². The summed E-state index contributed by atoms with van der Waals surface area (Å²) in [7, 11) is 0. The lowest BCUT2D eigenvalue weighted by molar-refractivity contribution is -0.384. The van der Waals surface area contributed by atoms with Crippen LogP contribution in [0, 0.1) is 22.0 Å². The molecule has 2 atom stereocenters. The van der Waals surface area contributed by atoms with Crippen molar-refractivity contribution >= 4 is 11.4 Å². The van der Waals surface area contributed by atoms with Gasteiger partial charge in [0.2, 0.25) is 0 Å². The van der Waals surface area contributed by atoms with Gasteiger partial charge in [-0.05, 0) is 23.5 Å². The molecule has 4 nitrogen and oxygen atoms in total. The van der Waals surface area contributed by atoms with Gasteiger partial charge in [-0.2, -0.15) is 0 Å². The maximum absolute atomic E-state index is 11.0. The topological polar surface area (TPSA) is 55.2 Å². The minimum atomic E-state index is -0.291. The lowest BCUT2D eigenvalue weighted by Crippen LogP contribution is -2.23. The zero-order chi connectivity index (χ0) is 14.1. The first-order valence-electron chi connectivity index (χ1n) is 7.69. The summed E-state index contributed by atoms with van der Waals surface area (Å²) in [6.07, 6.45) is 6.70. The smallest absolute Gasteiger partial charge is 0.269 e. The fourth-order valence-electron chi connectivity index (χ4n) is 3.92. The van der Waals surface area contributed by atoms with Crippen molar-refractivity contribution in [1.29, 1.82) is 0 Å². The van der Waals surface area contributed by atoms with Crippen molar-refractivity contribution in [2.45, 2.75) is 44.9 Å². The molecule has 1 aliphatic carbocycles. The second kappa shape index (κ2) is 5.43. The Bertz CT molecular complexity index is 509. The predicted octanol–water partition coefficient (Wildman–Crippen LogP) is 4.32. The molecule has 0 spiro atoms. The number of hydrogen-bond donors (Lipinski definition) is 1. The largest absolute Gasteiger partial charge is 0.384 e. The zero-order valence-electron chi connectivity index (χ0n) is 12.0. The second-order valence-corrected chi connectivity index (χ2v) is 6.27. The van der Waals surface area contributed by atoms with Crippen molar-refractivity contribution in [2.24, 2.45) is 11.8 Å². The highest BCUT2D eigenvalue weighted by Gasteiger charge is 2.33. The van der Waals surface area contributed by atoms with E-state index in [1.807, 2.05) is 6.07 Å². The van der Waals surface area contributed by atoms with Gasteiger partial charge in [0, 0.05) is 30.3 Å². The molecule has 0 bridgehead atoms. The summed E-state index contributed by atoms with van der Waals surface area (Å²) in [6, 6.07) is 5.24. The van der Waals surface area contributed by atoms with Crippen LogP contribution in [0.3, 0.4) is 0 Å². The molecule has 3 rings (SSSR count). The second-order valence-electron chi connectivity index (χ2n) is 6.27. The van der Waals surface area contributed by atoms with E-state index in [-0.39, 0.29) is 10.6 Å². The number of anilines is 1. The molecule has 1 heterocycles. The summed E-state index contributed by atoms with van der Waals surface area (Å²) in [5.74, 6) is 1.81. The Balaban J connectivity index is 1.83. The minimum Gasteiger partial charge on any atom is -0.384 e. The van der Waals surface area contributed by atoms with E-state index in [2.05, 4.69) is 12.2 Å². The molecule has 2 aliphatic rings. The van der Waals surface area contributed by atoms with Crippen LogP contribution in [0.1, 0.15) is 50.5 Å². The van der Waals surface area contributed by atoms with E-state index >= 15 is 0 Å². The van der Waals surface area contributed by atoms with Crippen molar-refractivity contribution in [3.8, 4) is 0 Å². The highest BCUT2D eigenvalue weighted by atomic mass is 16.6. The van der Waals surface area contributed by atoms with Gasteiger partial charge in [0.1, 0.15) is 0 Å². The summed E-state index contributed by atoms with van der Waals surface area (Å²) in [6.45, 7) is 3.25. The quantitative estimate of drug-likeness (QED) is 0.659. The van der Waals surface area contributed by atoms with Gasteiger partial charge in [0.25, 0.3) is 5.69 Å². The summed E-state index contributed by atoms with van der Waals surface area (Å²) in [5.41, 5.74) is 2.45. The monoisotopic (exact) mass is 274 g/mol. The molecule has 108 valence electrons. The summed E-state index contributed by atoms with van der Waals surface area (Å²) in [5, 5.41) is 14.4. The minimum absolute atomic E-state index is 0.216. The first-order chi connectivity index (χ1) is 9.66. The fraction of sp³-hybridized carbons (Fsp3) is 0.625. The number of rotatable bonds is 3. The third-order valence-corrected chi connectivity index (χ3v) is 5.19. The van der Waals surface area contributed by atoms with Gasteiger partial charge in [0.05, 0.1) is 4.92 Å². The molecular weight excluding hydrogens is 252 g/mol. The van der Waals surface area contributed by atoms with Crippen molar-refractivity contribution in [3.63, 3.8) is 0 Å². The van der Waals surface area contributed by atoms with E-state index in [1.165, 1.54) is 32.1 Å². The summed E-state index contributed by atoms with van der Waals surface area (Å²) >= 11 is 0. The molecule has 1 aliphatic heterocycles. The highest BCUT2D eigenvalue weighted by Crippen LogP contribution is 2.44. The number of fused-ring (bicyclic) bond motifs is 1. The highest BCUT2D eigenvalue weighted by molar-refractivity contribution is 5.61. The number of benzene rings is 1. The molecule has 1 N–H and O–H groups in total. The van der Waals surface area contributed by atoms with Crippen LogP contribution < -0.4 is 5.32 Å². The molecular formula is C16H22N2O2. The molecule has 4 heteroatoms. The van der Waals surface area contributed by atoms with Crippen LogP contribution in [0.15, 0.2) is 18.2 Å². The Labute approximate surface area is 119 Å².